The minimum absolute atomic E-state index is 0.763. The summed E-state index contributed by atoms with van der Waals surface area (Å²) in [5.41, 5.74) is 2.26. The lowest BCUT2D eigenvalue weighted by Crippen LogP contribution is -1.97. The van der Waals surface area contributed by atoms with Gasteiger partial charge in [0.25, 0.3) is 0 Å². The second-order valence-corrected chi connectivity index (χ2v) is 7.68. The van der Waals surface area contributed by atoms with Gasteiger partial charge < -0.3 is 4.74 Å². The fourth-order valence-corrected chi connectivity index (χ4v) is 3.12. The molecule has 1 atom stereocenters. The summed E-state index contributed by atoms with van der Waals surface area (Å²) in [6.07, 6.45) is 16.6. The van der Waals surface area contributed by atoms with Gasteiger partial charge in [0.05, 0.1) is 6.61 Å². The highest BCUT2D eigenvalue weighted by Gasteiger charge is 2.04. The summed E-state index contributed by atoms with van der Waals surface area (Å²) in [5, 5.41) is 0. The van der Waals surface area contributed by atoms with Gasteiger partial charge in [-0.25, -0.2) is 9.97 Å². The van der Waals surface area contributed by atoms with Gasteiger partial charge in [0.2, 0.25) is 0 Å². The monoisotopic (exact) mass is 380 g/mol. The minimum atomic E-state index is 0.763. The Bertz CT molecular complexity index is 664. The number of allylic oxidation sites excluding steroid dienone is 1. The molecule has 0 bridgehead atoms. The van der Waals surface area contributed by atoms with Crippen LogP contribution in [0.5, 0.6) is 5.75 Å². The third-order valence-electron chi connectivity index (χ3n) is 5.25. The molecular weight excluding hydrogens is 344 g/mol. The summed E-state index contributed by atoms with van der Waals surface area (Å²) in [6.45, 7) is 9.11. The van der Waals surface area contributed by atoms with Crippen molar-refractivity contribution in [2.24, 2.45) is 5.92 Å². The fraction of sp³-hybridized carbons (Fsp3) is 0.520. The molecule has 2 aromatic rings. The number of aromatic nitrogens is 2. The van der Waals surface area contributed by atoms with E-state index in [2.05, 4.69) is 30.4 Å². The molecule has 152 valence electrons. The number of unbranched alkanes of at least 4 members (excludes halogenated alkanes) is 4. The number of nitrogens with zero attached hydrogens (tertiary/aromatic N) is 2. The maximum atomic E-state index is 5.81. The summed E-state index contributed by atoms with van der Waals surface area (Å²) in [6, 6.07) is 8.08. The molecule has 0 aliphatic rings. The molecule has 1 unspecified atom stereocenters. The molecule has 3 heteroatoms. The second kappa shape index (κ2) is 13.1. The number of hydrogen-bond donors (Lipinski definition) is 0. The molecule has 0 aliphatic carbocycles. The Morgan fingerprint density at radius 1 is 1.00 bits per heavy atom. The van der Waals surface area contributed by atoms with E-state index in [9.17, 15) is 0 Å². The molecule has 0 amide bonds. The van der Waals surface area contributed by atoms with Crippen LogP contribution in [0.4, 0.5) is 0 Å². The average molecular weight is 381 g/mol. The molecule has 1 aromatic heterocycles. The SMILES string of the molecule is C=CCCCCCOc1ccc(-c2ncc(CCCCC(C)CC)cn2)cc1. The average Bonchev–Trinajstić information content (AvgIpc) is 2.74. The first-order valence-corrected chi connectivity index (χ1v) is 10.9. The Labute approximate surface area is 171 Å². The number of aryl methyl sites for hydroxylation is 1. The fourth-order valence-electron chi connectivity index (χ4n) is 3.12. The van der Waals surface area contributed by atoms with Crippen molar-refractivity contribution in [3.05, 3.63) is 54.9 Å². The van der Waals surface area contributed by atoms with Crippen molar-refractivity contribution >= 4 is 0 Å². The maximum Gasteiger partial charge on any atom is 0.159 e. The molecule has 0 spiro atoms. The number of hydrogen-bond acceptors (Lipinski definition) is 3. The molecule has 1 aromatic carbocycles. The Morgan fingerprint density at radius 3 is 2.43 bits per heavy atom. The predicted octanol–water partition coefficient (Wildman–Crippen LogP) is 7.03. The summed E-state index contributed by atoms with van der Waals surface area (Å²) in [5.74, 6) is 2.52. The highest BCUT2D eigenvalue weighted by Crippen LogP contribution is 2.20. The lowest BCUT2D eigenvalue weighted by molar-refractivity contribution is 0.305. The molecule has 0 N–H and O–H groups in total. The maximum absolute atomic E-state index is 5.81. The third-order valence-corrected chi connectivity index (χ3v) is 5.25. The van der Waals surface area contributed by atoms with E-state index in [0.29, 0.717) is 0 Å². The summed E-state index contributed by atoms with van der Waals surface area (Å²) in [7, 11) is 0. The van der Waals surface area contributed by atoms with Gasteiger partial charge in [0.15, 0.2) is 5.82 Å². The molecule has 0 aliphatic heterocycles. The second-order valence-electron chi connectivity index (χ2n) is 7.68. The van der Waals surface area contributed by atoms with E-state index in [1.54, 1.807) is 0 Å². The lowest BCUT2D eigenvalue weighted by atomic mass is 10.00. The first kappa shape index (κ1) is 22.1. The summed E-state index contributed by atoms with van der Waals surface area (Å²) in [4.78, 5) is 9.11. The van der Waals surface area contributed by atoms with Crippen LogP contribution in [0.2, 0.25) is 0 Å². The van der Waals surface area contributed by atoms with Crippen LogP contribution in [0, 0.1) is 5.92 Å². The number of ether oxygens (including phenoxy) is 1. The van der Waals surface area contributed by atoms with Crippen molar-refractivity contribution in [3.63, 3.8) is 0 Å². The zero-order chi connectivity index (χ0) is 20.0. The van der Waals surface area contributed by atoms with E-state index in [1.165, 1.54) is 44.1 Å². The molecule has 0 radical (unpaired) electrons. The topological polar surface area (TPSA) is 35.0 Å². The highest BCUT2D eigenvalue weighted by atomic mass is 16.5. The van der Waals surface area contributed by atoms with Crippen molar-refractivity contribution in [1.82, 2.24) is 9.97 Å². The molecule has 0 saturated carbocycles. The predicted molar refractivity (Wildman–Crippen MR) is 119 cm³/mol. The molecule has 3 nitrogen and oxygen atoms in total. The molecule has 0 fully saturated rings. The Balaban J connectivity index is 1.74. The standard InChI is InChI=1S/C25H36N2O/c1-4-6-7-8-11-18-28-24-16-14-23(15-17-24)25-26-19-22(20-27-25)13-10-9-12-21(3)5-2/h4,14-17,19-21H,1,5-13,18H2,2-3H3. The first-order valence-electron chi connectivity index (χ1n) is 10.9. The lowest BCUT2D eigenvalue weighted by Gasteiger charge is -2.08. The zero-order valence-corrected chi connectivity index (χ0v) is 17.7. The number of benzene rings is 1. The normalized spacial score (nSPS) is 11.9. The van der Waals surface area contributed by atoms with E-state index < -0.39 is 0 Å². The van der Waals surface area contributed by atoms with E-state index in [0.717, 1.165) is 48.9 Å². The molecule has 1 heterocycles. The van der Waals surface area contributed by atoms with Gasteiger partial charge >= 0.3 is 0 Å². The van der Waals surface area contributed by atoms with E-state index in [4.69, 9.17) is 4.74 Å². The summed E-state index contributed by atoms with van der Waals surface area (Å²) < 4.78 is 5.81. The van der Waals surface area contributed by atoms with Gasteiger partial charge in [-0.15, -0.1) is 6.58 Å². The van der Waals surface area contributed by atoms with Gasteiger partial charge in [0.1, 0.15) is 5.75 Å². The van der Waals surface area contributed by atoms with Gasteiger partial charge in [-0.05, 0) is 74.3 Å². The van der Waals surface area contributed by atoms with Crippen molar-refractivity contribution in [2.75, 3.05) is 6.61 Å². The largest absolute Gasteiger partial charge is 0.494 e. The van der Waals surface area contributed by atoms with Crippen LogP contribution in [0.25, 0.3) is 11.4 Å². The zero-order valence-electron chi connectivity index (χ0n) is 17.7. The minimum Gasteiger partial charge on any atom is -0.494 e. The van der Waals surface area contributed by atoms with Crippen LogP contribution in [0.1, 0.15) is 70.8 Å². The Morgan fingerprint density at radius 2 is 1.75 bits per heavy atom. The molecule has 0 saturated heterocycles. The van der Waals surface area contributed by atoms with Crippen LogP contribution >= 0.6 is 0 Å². The van der Waals surface area contributed by atoms with Crippen molar-refractivity contribution in [1.29, 1.82) is 0 Å². The van der Waals surface area contributed by atoms with E-state index >= 15 is 0 Å². The van der Waals surface area contributed by atoms with Crippen LogP contribution in [-0.2, 0) is 6.42 Å². The highest BCUT2D eigenvalue weighted by molar-refractivity contribution is 5.55. The van der Waals surface area contributed by atoms with Crippen LogP contribution in [0.3, 0.4) is 0 Å². The van der Waals surface area contributed by atoms with Crippen LogP contribution in [0.15, 0.2) is 49.3 Å². The van der Waals surface area contributed by atoms with E-state index in [-0.39, 0.29) is 0 Å². The van der Waals surface area contributed by atoms with Gasteiger partial charge in [-0.2, -0.15) is 0 Å². The van der Waals surface area contributed by atoms with E-state index in [1.807, 2.05) is 42.7 Å². The van der Waals surface area contributed by atoms with Crippen molar-refractivity contribution < 1.29 is 4.74 Å². The van der Waals surface area contributed by atoms with Gasteiger partial charge in [-0.3, -0.25) is 0 Å². The van der Waals surface area contributed by atoms with Crippen LogP contribution in [-0.4, -0.2) is 16.6 Å². The Hall–Kier alpha value is -2.16. The first-order chi connectivity index (χ1) is 13.7. The smallest absolute Gasteiger partial charge is 0.159 e. The molecule has 28 heavy (non-hydrogen) atoms. The third kappa shape index (κ3) is 8.24. The molecular formula is C25H36N2O. The quantitative estimate of drug-likeness (QED) is 0.261. The van der Waals surface area contributed by atoms with Gasteiger partial charge in [0, 0.05) is 18.0 Å². The Kier molecular flexibility index (Phi) is 10.3. The summed E-state index contributed by atoms with van der Waals surface area (Å²) >= 11 is 0. The molecule has 2 rings (SSSR count). The number of rotatable bonds is 14. The van der Waals surface area contributed by atoms with Crippen LogP contribution < -0.4 is 4.74 Å². The van der Waals surface area contributed by atoms with Crippen molar-refractivity contribution in [2.45, 2.75) is 71.6 Å². The van der Waals surface area contributed by atoms with Gasteiger partial charge in [-0.1, -0.05) is 39.2 Å². The van der Waals surface area contributed by atoms with Crippen molar-refractivity contribution in [3.8, 4) is 17.1 Å².